The van der Waals surface area contributed by atoms with Gasteiger partial charge in [-0.05, 0) is 26.2 Å². The summed E-state index contributed by atoms with van der Waals surface area (Å²) >= 11 is 0. The van der Waals surface area contributed by atoms with Gasteiger partial charge in [0.15, 0.2) is 0 Å². The van der Waals surface area contributed by atoms with Crippen LogP contribution in [0.4, 0.5) is 0 Å². The summed E-state index contributed by atoms with van der Waals surface area (Å²) in [7, 11) is 0. The molecule has 116 valence electrons. The molecule has 1 fully saturated rings. The molecule has 1 aliphatic rings. The van der Waals surface area contributed by atoms with Crippen molar-refractivity contribution in [2.75, 3.05) is 0 Å². The maximum Gasteiger partial charge on any atom is 0.307 e. The van der Waals surface area contributed by atoms with Crippen LogP contribution < -0.4 is 5.32 Å². The van der Waals surface area contributed by atoms with Crippen molar-refractivity contribution in [2.45, 2.75) is 77.7 Å². The Morgan fingerprint density at radius 3 is 2.40 bits per heavy atom. The van der Waals surface area contributed by atoms with E-state index in [1.165, 1.54) is 19.3 Å². The molecule has 2 N–H and O–H groups in total. The maximum absolute atomic E-state index is 12.2. The highest BCUT2D eigenvalue weighted by Crippen LogP contribution is 2.30. The SMILES string of the molecule is CCCCCC[C@H](C)NC(=O)[C@H]1CCCC[C@@H]1C(=O)O. The Kier molecular flexibility index (Phi) is 7.63. The summed E-state index contributed by atoms with van der Waals surface area (Å²) in [6, 6.07) is 0.149. The van der Waals surface area contributed by atoms with Gasteiger partial charge in [0.25, 0.3) is 0 Å². The van der Waals surface area contributed by atoms with Gasteiger partial charge in [-0.3, -0.25) is 9.59 Å². The van der Waals surface area contributed by atoms with Gasteiger partial charge in [-0.15, -0.1) is 0 Å². The molecule has 1 aliphatic carbocycles. The number of carboxylic acids is 1. The standard InChI is InChI=1S/C16H29NO3/c1-3-4-5-6-9-12(2)17-15(18)13-10-7-8-11-14(13)16(19)20/h12-14H,3-11H2,1-2H3,(H,17,18)(H,19,20)/t12-,13-,14-/m0/s1. The van der Waals surface area contributed by atoms with Crippen LogP contribution in [-0.4, -0.2) is 23.0 Å². The summed E-state index contributed by atoms with van der Waals surface area (Å²) in [4.78, 5) is 23.5. The average molecular weight is 283 g/mol. The number of aliphatic carboxylic acids is 1. The molecule has 0 radical (unpaired) electrons. The van der Waals surface area contributed by atoms with Crippen LogP contribution in [0.3, 0.4) is 0 Å². The van der Waals surface area contributed by atoms with Crippen molar-refractivity contribution < 1.29 is 14.7 Å². The molecule has 0 aromatic carbocycles. The lowest BCUT2D eigenvalue weighted by atomic mass is 9.78. The Hall–Kier alpha value is -1.06. The molecule has 0 heterocycles. The van der Waals surface area contributed by atoms with Crippen molar-refractivity contribution >= 4 is 11.9 Å². The lowest BCUT2D eigenvalue weighted by molar-refractivity contribution is -0.149. The first-order chi connectivity index (χ1) is 9.56. The molecule has 0 aliphatic heterocycles. The first kappa shape index (κ1) is 17.0. The zero-order chi connectivity index (χ0) is 15.0. The monoisotopic (exact) mass is 283 g/mol. The van der Waals surface area contributed by atoms with Crippen LogP contribution in [0.1, 0.15) is 71.6 Å². The molecule has 0 unspecified atom stereocenters. The number of unbranched alkanes of at least 4 members (excludes halogenated alkanes) is 3. The minimum atomic E-state index is -0.819. The molecule has 20 heavy (non-hydrogen) atoms. The Labute approximate surface area is 122 Å². The van der Waals surface area contributed by atoms with E-state index in [9.17, 15) is 14.7 Å². The molecule has 0 aromatic heterocycles. The van der Waals surface area contributed by atoms with Gasteiger partial charge in [-0.25, -0.2) is 0 Å². The molecule has 0 saturated heterocycles. The average Bonchev–Trinajstić information content (AvgIpc) is 2.43. The number of hydrogen-bond acceptors (Lipinski definition) is 2. The second-order valence-electron chi connectivity index (χ2n) is 6.09. The second-order valence-corrected chi connectivity index (χ2v) is 6.09. The molecule has 0 aromatic rings. The van der Waals surface area contributed by atoms with Gasteiger partial charge in [-0.2, -0.15) is 0 Å². The smallest absolute Gasteiger partial charge is 0.307 e. The quantitative estimate of drug-likeness (QED) is 0.671. The largest absolute Gasteiger partial charge is 0.481 e. The lowest BCUT2D eigenvalue weighted by Crippen LogP contribution is -2.43. The van der Waals surface area contributed by atoms with Gasteiger partial charge in [0.1, 0.15) is 0 Å². The van der Waals surface area contributed by atoms with E-state index in [1.807, 2.05) is 6.92 Å². The highest BCUT2D eigenvalue weighted by molar-refractivity contribution is 5.85. The molecule has 0 spiro atoms. The Morgan fingerprint density at radius 1 is 1.15 bits per heavy atom. The number of carbonyl (C=O) groups excluding carboxylic acids is 1. The minimum absolute atomic E-state index is 0.0555. The van der Waals surface area contributed by atoms with Crippen LogP contribution in [0.5, 0.6) is 0 Å². The molecule has 4 nitrogen and oxygen atoms in total. The van der Waals surface area contributed by atoms with Crippen LogP contribution in [0, 0.1) is 11.8 Å². The third-order valence-electron chi connectivity index (χ3n) is 4.30. The van der Waals surface area contributed by atoms with Crippen molar-refractivity contribution in [3.05, 3.63) is 0 Å². The first-order valence-corrected chi connectivity index (χ1v) is 8.09. The molecule has 1 saturated carbocycles. The first-order valence-electron chi connectivity index (χ1n) is 8.09. The van der Waals surface area contributed by atoms with Gasteiger partial charge in [-0.1, -0.05) is 45.4 Å². The van der Waals surface area contributed by atoms with Crippen LogP contribution in [0.15, 0.2) is 0 Å². The molecule has 4 heteroatoms. The van der Waals surface area contributed by atoms with Gasteiger partial charge >= 0.3 is 5.97 Å². The van der Waals surface area contributed by atoms with Crippen molar-refractivity contribution in [1.29, 1.82) is 0 Å². The molecule has 1 rings (SSSR count). The van der Waals surface area contributed by atoms with Crippen molar-refractivity contribution in [1.82, 2.24) is 5.32 Å². The minimum Gasteiger partial charge on any atom is -0.481 e. The third-order valence-corrected chi connectivity index (χ3v) is 4.30. The fourth-order valence-electron chi connectivity index (χ4n) is 3.04. The molecular formula is C16H29NO3. The Balaban J connectivity index is 2.37. The number of carbonyl (C=O) groups is 2. The molecular weight excluding hydrogens is 254 g/mol. The van der Waals surface area contributed by atoms with E-state index in [2.05, 4.69) is 12.2 Å². The summed E-state index contributed by atoms with van der Waals surface area (Å²) < 4.78 is 0. The highest BCUT2D eigenvalue weighted by Gasteiger charge is 2.35. The molecule has 3 atom stereocenters. The zero-order valence-electron chi connectivity index (χ0n) is 12.9. The van der Waals surface area contributed by atoms with E-state index in [4.69, 9.17) is 0 Å². The predicted molar refractivity (Wildman–Crippen MR) is 79.4 cm³/mol. The van der Waals surface area contributed by atoms with Crippen LogP contribution in [-0.2, 0) is 9.59 Å². The fraction of sp³-hybridized carbons (Fsp3) is 0.875. The number of nitrogens with one attached hydrogen (secondary N) is 1. The van der Waals surface area contributed by atoms with E-state index in [1.54, 1.807) is 0 Å². The molecule has 1 amide bonds. The third kappa shape index (κ3) is 5.51. The number of amides is 1. The summed E-state index contributed by atoms with van der Waals surface area (Å²) in [5.74, 6) is -1.70. The Morgan fingerprint density at radius 2 is 1.80 bits per heavy atom. The van der Waals surface area contributed by atoms with Crippen LogP contribution >= 0.6 is 0 Å². The van der Waals surface area contributed by atoms with E-state index < -0.39 is 11.9 Å². The number of hydrogen-bond donors (Lipinski definition) is 2. The maximum atomic E-state index is 12.2. The summed E-state index contributed by atoms with van der Waals surface area (Å²) in [5, 5.41) is 12.2. The fourth-order valence-corrected chi connectivity index (χ4v) is 3.04. The topological polar surface area (TPSA) is 66.4 Å². The summed E-state index contributed by atoms with van der Waals surface area (Å²) in [6.07, 6.45) is 9.01. The van der Waals surface area contributed by atoms with Gasteiger partial charge in [0, 0.05) is 6.04 Å². The summed E-state index contributed by atoms with van der Waals surface area (Å²) in [5.41, 5.74) is 0. The summed E-state index contributed by atoms with van der Waals surface area (Å²) in [6.45, 7) is 4.20. The van der Waals surface area contributed by atoms with E-state index in [-0.39, 0.29) is 17.9 Å². The van der Waals surface area contributed by atoms with Gasteiger partial charge < -0.3 is 10.4 Å². The number of carboxylic acid groups (broad SMARTS) is 1. The van der Waals surface area contributed by atoms with E-state index >= 15 is 0 Å². The normalized spacial score (nSPS) is 24.1. The number of rotatable bonds is 8. The van der Waals surface area contributed by atoms with Crippen molar-refractivity contribution in [2.24, 2.45) is 11.8 Å². The molecule has 0 bridgehead atoms. The van der Waals surface area contributed by atoms with E-state index in [0.29, 0.717) is 12.8 Å². The highest BCUT2D eigenvalue weighted by atomic mass is 16.4. The Bertz CT molecular complexity index is 317. The lowest BCUT2D eigenvalue weighted by Gasteiger charge is -2.28. The van der Waals surface area contributed by atoms with E-state index in [0.717, 1.165) is 25.7 Å². The predicted octanol–water partition coefficient (Wildman–Crippen LogP) is 3.35. The van der Waals surface area contributed by atoms with Crippen molar-refractivity contribution in [3.8, 4) is 0 Å². The second kappa shape index (κ2) is 8.98. The zero-order valence-corrected chi connectivity index (χ0v) is 12.9. The van der Waals surface area contributed by atoms with Gasteiger partial charge in [0.2, 0.25) is 5.91 Å². The van der Waals surface area contributed by atoms with Crippen LogP contribution in [0.2, 0.25) is 0 Å². The van der Waals surface area contributed by atoms with Gasteiger partial charge in [0.05, 0.1) is 11.8 Å². The van der Waals surface area contributed by atoms with Crippen LogP contribution in [0.25, 0.3) is 0 Å². The van der Waals surface area contributed by atoms with Crippen molar-refractivity contribution in [3.63, 3.8) is 0 Å².